The molecule has 2 N–H and O–H groups in total. The van der Waals surface area contributed by atoms with Gasteiger partial charge in [0.25, 0.3) is 0 Å². The van der Waals surface area contributed by atoms with Gasteiger partial charge in [-0.05, 0) is 59.9 Å². The Labute approximate surface area is 127 Å². The topological polar surface area (TPSA) is 26.0 Å². The van der Waals surface area contributed by atoms with Crippen LogP contribution in [0.15, 0.2) is 29.6 Å². The first-order valence-electron chi connectivity index (χ1n) is 6.42. The summed E-state index contributed by atoms with van der Waals surface area (Å²) in [6, 6.07) is 8.36. The van der Waals surface area contributed by atoms with E-state index >= 15 is 0 Å². The van der Waals surface area contributed by atoms with Crippen LogP contribution >= 0.6 is 34.5 Å². The van der Waals surface area contributed by atoms with Crippen LogP contribution in [0.1, 0.15) is 40.8 Å². The summed E-state index contributed by atoms with van der Waals surface area (Å²) in [5.41, 5.74) is 8.83. The molecule has 1 aromatic carbocycles. The third kappa shape index (κ3) is 2.68. The Balaban J connectivity index is 1.85. The van der Waals surface area contributed by atoms with Crippen molar-refractivity contribution < 1.29 is 0 Å². The molecule has 1 aromatic heterocycles. The fourth-order valence-corrected chi connectivity index (χ4v) is 4.15. The highest BCUT2D eigenvalue weighted by atomic mass is 35.5. The lowest BCUT2D eigenvalue weighted by Gasteiger charge is -2.26. The van der Waals surface area contributed by atoms with E-state index in [0.717, 1.165) is 19.3 Å². The van der Waals surface area contributed by atoms with E-state index in [2.05, 4.69) is 17.5 Å². The third-order valence-electron chi connectivity index (χ3n) is 3.80. The lowest BCUT2D eigenvalue weighted by molar-refractivity contribution is 0.497. The lowest BCUT2D eigenvalue weighted by Crippen LogP contribution is -2.19. The van der Waals surface area contributed by atoms with Crippen LogP contribution < -0.4 is 5.73 Å². The molecule has 1 aliphatic rings. The van der Waals surface area contributed by atoms with Crippen LogP contribution in [0.4, 0.5) is 0 Å². The summed E-state index contributed by atoms with van der Waals surface area (Å²) in [5, 5.41) is 3.40. The molecule has 0 amide bonds. The predicted octanol–water partition coefficient (Wildman–Crippen LogP) is 5.17. The molecule has 0 spiro atoms. The molecular weight excluding hydrogens is 297 g/mol. The highest BCUT2D eigenvalue weighted by molar-refractivity contribution is 7.10. The molecule has 2 atom stereocenters. The van der Waals surface area contributed by atoms with Crippen LogP contribution in [0.5, 0.6) is 0 Å². The molecule has 0 bridgehead atoms. The van der Waals surface area contributed by atoms with Crippen LogP contribution in [-0.2, 0) is 6.42 Å². The number of hydrogen-bond donors (Lipinski definition) is 1. The van der Waals surface area contributed by atoms with E-state index in [1.165, 1.54) is 16.0 Å². The van der Waals surface area contributed by atoms with Gasteiger partial charge in [-0.2, -0.15) is 0 Å². The second kappa shape index (κ2) is 5.45. The van der Waals surface area contributed by atoms with Gasteiger partial charge in [-0.1, -0.05) is 29.3 Å². The molecule has 19 heavy (non-hydrogen) atoms. The molecule has 100 valence electrons. The maximum Gasteiger partial charge on any atom is 0.0595 e. The normalized spacial score (nSPS) is 22.3. The summed E-state index contributed by atoms with van der Waals surface area (Å²) >= 11 is 13.8. The average Bonchev–Trinajstić information content (AvgIpc) is 2.87. The summed E-state index contributed by atoms with van der Waals surface area (Å²) in [5.74, 6) is 0.554. The Bertz CT molecular complexity index is 594. The van der Waals surface area contributed by atoms with Gasteiger partial charge in [0.2, 0.25) is 0 Å². The molecular formula is C15H15Cl2NS. The SMILES string of the molecule is NC1CCC(Cc2ccc(Cl)c(Cl)c2)c2ccsc21. The number of fused-ring (bicyclic) bond motifs is 1. The smallest absolute Gasteiger partial charge is 0.0595 e. The Morgan fingerprint density at radius 1 is 1.16 bits per heavy atom. The van der Waals surface area contributed by atoms with Crippen LogP contribution in [0.3, 0.4) is 0 Å². The number of hydrogen-bond acceptors (Lipinski definition) is 2. The van der Waals surface area contributed by atoms with Crippen LogP contribution in [0.25, 0.3) is 0 Å². The maximum absolute atomic E-state index is 6.16. The third-order valence-corrected chi connectivity index (χ3v) is 5.60. The van der Waals surface area contributed by atoms with Crippen molar-refractivity contribution in [2.24, 2.45) is 5.73 Å². The minimum Gasteiger partial charge on any atom is -0.323 e. The van der Waals surface area contributed by atoms with Gasteiger partial charge < -0.3 is 5.73 Å². The summed E-state index contributed by atoms with van der Waals surface area (Å²) in [7, 11) is 0. The quantitative estimate of drug-likeness (QED) is 0.813. The molecule has 0 radical (unpaired) electrons. The van der Waals surface area contributed by atoms with Gasteiger partial charge >= 0.3 is 0 Å². The largest absolute Gasteiger partial charge is 0.323 e. The second-order valence-electron chi connectivity index (χ2n) is 5.07. The molecule has 1 aliphatic carbocycles. The van der Waals surface area contributed by atoms with Crippen LogP contribution in [-0.4, -0.2) is 0 Å². The molecule has 0 aliphatic heterocycles. The minimum atomic E-state index is 0.222. The van der Waals surface area contributed by atoms with Crippen molar-refractivity contribution in [2.75, 3.05) is 0 Å². The summed E-state index contributed by atoms with van der Waals surface area (Å²) in [6.45, 7) is 0. The number of thiophene rings is 1. The number of benzene rings is 1. The predicted molar refractivity (Wildman–Crippen MR) is 83.4 cm³/mol. The van der Waals surface area contributed by atoms with E-state index < -0.39 is 0 Å². The van der Waals surface area contributed by atoms with Gasteiger partial charge in [-0.25, -0.2) is 0 Å². The van der Waals surface area contributed by atoms with Gasteiger partial charge in [-0.3, -0.25) is 0 Å². The fourth-order valence-electron chi connectivity index (χ4n) is 2.80. The number of halogens is 2. The van der Waals surface area contributed by atoms with Crippen LogP contribution in [0, 0.1) is 0 Å². The standard InChI is InChI=1S/C15H15Cl2NS/c16-12-3-1-9(8-13(12)17)7-10-2-4-14(18)15-11(10)5-6-19-15/h1,3,5-6,8,10,14H,2,4,7,18H2. The Morgan fingerprint density at radius 2 is 2.00 bits per heavy atom. The van der Waals surface area contributed by atoms with Crippen LogP contribution in [0.2, 0.25) is 10.0 Å². The number of rotatable bonds is 2. The highest BCUT2D eigenvalue weighted by Gasteiger charge is 2.26. The first-order valence-corrected chi connectivity index (χ1v) is 8.05. The van der Waals surface area contributed by atoms with Crippen molar-refractivity contribution in [3.05, 3.63) is 55.7 Å². The molecule has 0 saturated carbocycles. The van der Waals surface area contributed by atoms with Crippen molar-refractivity contribution in [3.8, 4) is 0 Å². The van der Waals surface area contributed by atoms with E-state index in [4.69, 9.17) is 28.9 Å². The van der Waals surface area contributed by atoms with Gasteiger partial charge in [-0.15, -0.1) is 11.3 Å². The van der Waals surface area contributed by atoms with Crippen molar-refractivity contribution in [1.82, 2.24) is 0 Å². The van der Waals surface area contributed by atoms with Crippen molar-refractivity contribution in [2.45, 2.75) is 31.2 Å². The maximum atomic E-state index is 6.16. The van der Waals surface area contributed by atoms with E-state index in [-0.39, 0.29) is 6.04 Å². The Morgan fingerprint density at radius 3 is 2.79 bits per heavy atom. The number of nitrogens with two attached hydrogens (primary N) is 1. The van der Waals surface area contributed by atoms with E-state index in [9.17, 15) is 0 Å². The highest BCUT2D eigenvalue weighted by Crippen LogP contribution is 2.41. The van der Waals surface area contributed by atoms with Crippen molar-refractivity contribution in [1.29, 1.82) is 0 Å². The zero-order chi connectivity index (χ0) is 13.4. The van der Waals surface area contributed by atoms with Crippen molar-refractivity contribution in [3.63, 3.8) is 0 Å². The lowest BCUT2D eigenvalue weighted by atomic mass is 9.82. The molecule has 3 rings (SSSR count). The van der Waals surface area contributed by atoms with Gasteiger partial charge in [0.15, 0.2) is 0 Å². The Kier molecular flexibility index (Phi) is 3.86. The zero-order valence-electron chi connectivity index (χ0n) is 10.4. The fraction of sp³-hybridized carbons (Fsp3) is 0.333. The molecule has 2 unspecified atom stereocenters. The van der Waals surface area contributed by atoms with Gasteiger partial charge in [0.1, 0.15) is 0 Å². The molecule has 1 nitrogen and oxygen atoms in total. The monoisotopic (exact) mass is 311 g/mol. The van der Waals surface area contributed by atoms with Gasteiger partial charge in [0.05, 0.1) is 10.0 Å². The average molecular weight is 312 g/mol. The second-order valence-corrected chi connectivity index (χ2v) is 6.84. The Hall–Kier alpha value is -0.540. The molecule has 1 heterocycles. The van der Waals surface area contributed by atoms with Crippen molar-refractivity contribution >= 4 is 34.5 Å². The van der Waals surface area contributed by atoms with Gasteiger partial charge in [0, 0.05) is 10.9 Å². The summed E-state index contributed by atoms with van der Waals surface area (Å²) in [4.78, 5) is 1.36. The molecule has 4 heteroatoms. The van der Waals surface area contributed by atoms with E-state index in [1.54, 1.807) is 11.3 Å². The first-order chi connectivity index (χ1) is 9.15. The molecule has 2 aromatic rings. The van der Waals surface area contributed by atoms with E-state index in [0.29, 0.717) is 16.0 Å². The first kappa shape index (κ1) is 13.4. The summed E-state index contributed by atoms with van der Waals surface area (Å²) in [6.07, 6.45) is 3.22. The molecule has 0 saturated heterocycles. The summed E-state index contributed by atoms with van der Waals surface area (Å²) < 4.78 is 0. The van der Waals surface area contributed by atoms with E-state index in [1.807, 2.05) is 12.1 Å². The minimum absolute atomic E-state index is 0.222. The zero-order valence-corrected chi connectivity index (χ0v) is 12.7. The molecule has 0 fully saturated rings.